The van der Waals surface area contributed by atoms with E-state index >= 15 is 0 Å². The molecule has 0 amide bonds. The second-order valence-electron chi connectivity index (χ2n) is 2.48. The van der Waals surface area contributed by atoms with Gasteiger partial charge in [-0.05, 0) is 0 Å². The fourth-order valence-corrected chi connectivity index (χ4v) is 0.848. The highest BCUT2D eigenvalue weighted by Crippen LogP contribution is 2.08. The second-order valence-corrected chi connectivity index (χ2v) is 3.14. The van der Waals surface area contributed by atoms with Gasteiger partial charge < -0.3 is 25.5 Å². The lowest BCUT2D eigenvalue weighted by molar-refractivity contribution is -0.0789. The number of thiol groups is 1. The van der Waals surface area contributed by atoms with Gasteiger partial charge in [-0.25, -0.2) is 0 Å². The van der Waals surface area contributed by atoms with Crippen molar-refractivity contribution in [3.05, 3.63) is 0 Å². The van der Waals surface area contributed by atoms with Crippen LogP contribution in [0.2, 0.25) is 0 Å². The van der Waals surface area contributed by atoms with Crippen LogP contribution in [-0.4, -0.2) is 62.3 Å². The monoisotopic (exact) mass is 198 g/mol. The SMILES string of the molecule is OC[C@H](O)[C@@H](O)[C@H](O)[C@@H](S)CO. The normalized spacial score (nSPS) is 21.5. The van der Waals surface area contributed by atoms with Gasteiger partial charge in [0.25, 0.3) is 0 Å². The number of hydrogen-bond acceptors (Lipinski definition) is 6. The van der Waals surface area contributed by atoms with Gasteiger partial charge in [-0.1, -0.05) is 0 Å². The van der Waals surface area contributed by atoms with Crippen LogP contribution in [0.15, 0.2) is 0 Å². The predicted octanol–water partition coefficient (Wildman–Crippen LogP) is -2.65. The number of rotatable bonds is 5. The third kappa shape index (κ3) is 3.26. The Morgan fingerprint density at radius 3 is 1.75 bits per heavy atom. The van der Waals surface area contributed by atoms with E-state index in [1.807, 2.05) is 0 Å². The lowest BCUT2D eigenvalue weighted by Crippen LogP contribution is -2.45. The summed E-state index contributed by atoms with van der Waals surface area (Å²) in [4.78, 5) is 0. The summed E-state index contributed by atoms with van der Waals surface area (Å²) in [5.74, 6) is 0. The van der Waals surface area contributed by atoms with E-state index in [0.717, 1.165) is 0 Å². The molecule has 12 heavy (non-hydrogen) atoms. The molecule has 6 heteroatoms. The molecule has 4 atom stereocenters. The van der Waals surface area contributed by atoms with Crippen molar-refractivity contribution in [3.8, 4) is 0 Å². The van der Waals surface area contributed by atoms with Crippen molar-refractivity contribution in [1.29, 1.82) is 0 Å². The van der Waals surface area contributed by atoms with Gasteiger partial charge >= 0.3 is 0 Å². The van der Waals surface area contributed by atoms with E-state index in [1.165, 1.54) is 0 Å². The first-order chi connectivity index (χ1) is 5.54. The van der Waals surface area contributed by atoms with Crippen LogP contribution in [0.3, 0.4) is 0 Å². The quantitative estimate of drug-likeness (QED) is 0.271. The van der Waals surface area contributed by atoms with Crippen LogP contribution in [0.4, 0.5) is 0 Å². The summed E-state index contributed by atoms with van der Waals surface area (Å²) in [6.07, 6.45) is -4.27. The van der Waals surface area contributed by atoms with Crippen LogP contribution in [0, 0.1) is 0 Å². The molecule has 0 radical (unpaired) electrons. The third-order valence-corrected chi connectivity index (χ3v) is 1.98. The van der Waals surface area contributed by atoms with Gasteiger partial charge in [0.05, 0.1) is 24.6 Å². The fourth-order valence-electron chi connectivity index (χ4n) is 0.671. The van der Waals surface area contributed by atoms with E-state index in [-0.39, 0.29) is 0 Å². The minimum Gasteiger partial charge on any atom is -0.395 e. The van der Waals surface area contributed by atoms with Gasteiger partial charge in [-0.2, -0.15) is 12.6 Å². The van der Waals surface area contributed by atoms with E-state index in [2.05, 4.69) is 12.6 Å². The molecule has 0 aliphatic carbocycles. The average Bonchev–Trinajstić information content (AvgIpc) is 2.12. The molecule has 0 aromatic rings. The standard InChI is InChI=1S/C6H14O5S/c7-1-3(9)5(10)6(11)4(12)2-8/h3-12H,1-2H2/t3-,4-,5+,6+/m0/s1. The molecule has 0 spiro atoms. The summed E-state index contributed by atoms with van der Waals surface area (Å²) in [6, 6.07) is 0. The first-order valence-corrected chi connectivity index (χ1v) is 4.00. The number of aliphatic hydroxyl groups excluding tert-OH is 5. The molecule has 0 unspecified atom stereocenters. The molecule has 5 N–H and O–H groups in total. The Hall–Kier alpha value is 0.150. The Balaban J connectivity index is 3.99. The Kier molecular flexibility index (Phi) is 5.81. The van der Waals surface area contributed by atoms with E-state index in [9.17, 15) is 0 Å². The van der Waals surface area contributed by atoms with Crippen LogP contribution in [0.1, 0.15) is 0 Å². The molecular weight excluding hydrogens is 184 g/mol. The summed E-state index contributed by atoms with van der Waals surface area (Å²) >= 11 is 3.74. The van der Waals surface area contributed by atoms with Crippen LogP contribution in [-0.2, 0) is 0 Å². The molecular formula is C6H14O5S. The zero-order valence-electron chi connectivity index (χ0n) is 6.41. The molecule has 0 aromatic heterocycles. The predicted molar refractivity (Wildman–Crippen MR) is 45.0 cm³/mol. The molecule has 0 aliphatic heterocycles. The Labute approximate surface area is 75.7 Å². The van der Waals surface area contributed by atoms with E-state index in [0.29, 0.717) is 0 Å². The lowest BCUT2D eigenvalue weighted by Gasteiger charge is -2.24. The molecule has 74 valence electrons. The minimum atomic E-state index is -1.50. The van der Waals surface area contributed by atoms with Crippen LogP contribution in [0.5, 0.6) is 0 Å². The minimum absolute atomic E-state index is 0.417. The molecule has 0 rings (SSSR count). The molecule has 5 nitrogen and oxygen atoms in total. The fraction of sp³-hybridized carbons (Fsp3) is 1.00. The molecule has 0 saturated carbocycles. The van der Waals surface area contributed by atoms with Crippen molar-refractivity contribution in [2.75, 3.05) is 13.2 Å². The maximum Gasteiger partial charge on any atom is 0.109 e. The van der Waals surface area contributed by atoms with Crippen molar-refractivity contribution < 1.29 is 25.5 Å². The molecule has 0 bridgehead atoms. The number of aliphatic hydroxyl groups is 5. The van der Waals surface area contributed by atoms with Crippen LogP contribution >= 0.6 is 12.6 Å². The van der Waals surface area contributed by atoms with E-state index in [4.69, 9.17) is 25.5 Å². The summed E-state index contributed by atoms with van der Waals surface area (Å²) < 4.78 is 0. The van der Waals surface area contributed by atoms with Gasteiger partial charge in [0.1, 0.15) is 12.2 Å². The highest BCUT2D eigenvalue weighted by Gasteiger charge is 2.28. The smallest absolute Gasteiger partial charge is 0.109 e. The van der Waals surface area contributed by atoms with Gasteiger partial charge in [-0.3, -0.25) is 0 Å². The number of hydrogen-bond donors (Lipinski definition) is 6. The van der Waals surface area contributed by atoms with Crippen molar-refractivity contribution in [2.24, 2.45) is 0 Å². The van der Waals surface area contributed by atoms with Crippen molar-refractivity contribution >= 4 is 12.6 Å². The Morgan fingerprint density at radius 2 is 1.42 bits per heavy atom. The first kappa shape index (κ1) is 12.2. The van der Waals surface area contributed by atoms with E-state index < -0.39 is 36.8 Å². The molecule has 0 fully saturated rings. The Bertz CT molecular complexity index is 109. The van der Waals surface area contributed by atoms with Crippen molar-refractivity contribution in [3.63, 3.8) is 0 Å². The van der Waals surface area contributed by atoms with Gasteiger partial charge in [0.2, 0.25) is 0 Å². The zero-order chi connectivity index (χ0) is 9.72. The largest absolute Gasteiger partial charge is 0.395 e. The van der Waals surface area contributed by atoms with Gasteiger partial charge in [0.15, 0.2) is 0 Å². The maximum absolute atomic E-state index is 9.13. The summed E-state index contributed by atoms with van der Waals surface area (Å²) in [7, 11) is 0. The van der Waals surface area contributed by atoms with Gasteiger partial charge in [-0.15, -0.1) is 0 Å². The highest BCUT2D eigenvalue weighted by molar-refractivity contribution is 7.81. The summed E-state index contributed by atoms with van der Waals surface area (Å²) in [5, 5.41) is 43.1. The highest BCUT2D eigenvalue weighted by atomic mass is 32.1. The first-order valence-electron chi connectivity index (χ1n) is 3.48. The molecule has 0 aliphatic rings. The maximum atomic E-state index is 9.13. The summed E-state index contributed by atoms with van der Waals surface area (Å²) in [5.41, 5.74) is 0. The molecule has 0 aromatic carbocycles. The zero-order valence-corrected chi connectivity index (χ0v) is 7.30. The lowest BCUT2D eigenvalue weighted by atomic mass is 10.1. The van der Waals surface area contributed by atoms with E-state index in [1.54, 1.807) is 0 Å². The molecule has 0 saturated heterocycles. The average molecular weight is 198 g/mol. The summed E-state index contributed by atoms with van der Waals surface area (Å²) in [6.45, 7) is -1.07. The van der Waals surface area contributed by atoms with Crippen molar-refractivity contribution in [1.82, 2.24) is 0 Å². The third-order valence-electron chi connectivity index (χ3n) is 1.51. The topological polar surface area (TPSA) is 101 Å². The van der Waals surface area contributed by atoms with Crippen LogP contribution < -0.4 is 0 Å². The Morgan fingerprint density at radius 1 is 0.917 bits per heavy atom. The van der Waals surface area contributed by atoms with Crippen molar-refractivity contribution in [2.45, 2.75) is 23.6 Å². The second kappa shape index (κ2) is 5.74. The van der Waals surface area contributed by atoms with Crippen LogP contribution in [0.25, 0.3) is 0 Å². The van der Waals surface area contributed by atoms with Gasteiger partial charge in [0, 0.05) is 0 Å². The molecule has 0 heterocycles.